The van der Waals surface area contributed by atoms with Gasteiger partial charge in [-0.1, -0.05) is 96.3 Å². The van der Waals surface area contributed by atoms with Crippen LogP contribution in [0.15, 0.2) is 29.4 Å². The maximum atomic E-state index is 3.35. The van der Waals surface area contributed by atoms with Gasteiger partial charge in [0.2, 0.25) is 0 Å². The van der Waals surface area contributed by atoms with Crippen LogP contribution in [0, 0.1) is 40.4 Å². The van der Waals surface area contributed by atoms with Gasteiger partial charge in [-0.3, -0.25) is 4.90 Å². The maximum Gasteiger partial charge on any atom is 0.188 e. The summed E-state index contributed by atoms with van der Waals surface area (Å²) in [5.41, 5.74) is 8.52. The first-order valence-corrected chi connectivity index (χ1v) is 24.7. The molecule has 0 aromatic carbocycles. The Morgan fingerprint density at radius 3 is 2.41 bits per heavy atom. The molecular weight excluding hydrogens is 671 g/mol. The summed E-state index contributed by atoms with van der Waals surface area (Å²) in [7, 11) is 0. The molecule has 3 saturated carbocycles. The zero-order chi connectivity index (χ0) is 36.7. The van der Waals surface area contributed by atoms with Crippen LogP contribution in [-0.2, 0) is 12.8 Å². The molecule has 2 nitrogen and oxygen atoms in total. The van der Waals surface area contributed by atoms with Crippen LogP contribution in [0.5, 0.6) is 0 Å². The first-order chi connectivity index (χ1) is 26.1. The first kappa shape index (κ1) is 35.9. The van der Waals surface area contributed by atoms with E-state index in [9.17, 15) is 0 Å². The molecule has 0 radical (unpaired) electrons. The summed E-state index contributed by atoms with van der Waals surface area (Å²) >= 11 is 2.24. The summed E-state index contributed by atoms with van der Waals surface area (Å²) in [5.74, 6) is 5.61. The predicted octanol–water partition coefficient (Wildman–Crippen LogP) is 13.3. The van der Waals surface area contributed by atoms with Crippen LogP contribution in [0.25, 0.3) is 6.08 Å². The second-order valence-electron chi connectivity index (χ2n) is 22.8. The lowest BCUT2D eigenvalue weighted by atomic mass is 9.20. The summed E-state index contributed by atoms with van der Waals surface area (Å²) in [6.07, 6.45) is 39.6. The van der Waals surface area contributed by atoms with Gasteiger partial charge in [0.15, 0.2) is 6.71 Å². The molecule has 10 aliphatic rings. The van der Waals surface area contributed by atoms with Gasteiger partial charge in [0, 0.05) is 45.2 Å². The highest BCUT2D eigenvalue weighted by Crippen LogP contribution is 2.73. The topological polar surface area (TPSA) is 6.48 Å². The molecule has 6 fully saturated rings. The highest BCUT2D eigenvalue weighted by atomic mass is 32.1. The predicted molar refractivity (Wildman–Crippen MR) is 230 cm³/mol. The van der Waals surface area contributed by atoms with E-state index in [1.807, 2.05) is 21.6 Å². The Morgan fingerprint density at radius 2 is 1.61 bits per heavy atom. The second-order valence-corrected chi connectivity index (χ2v) is 23.9. The van der Waals surface area contributed by atoms with Crippen molar-refractivity contribution in [3.8, 4) is 0 Å². The number of hydrogen-bond acceptors (Lipinski definition) is 3. The Kier molecular flexibility index (Phi) is 8.55. The Morgan fingerprint density at radius 1 is 0.815 bits per heavy atom. The normalized spacial score (nSPS) is 41.0. The Hall–Kier alpha value is -1.26. The van der Waals surface area contributed by atoms with Crippen LogP contribution in [-0.4, -0.2) is 40.2 Å². The smallest absolute Gasteiger partial charge is 0.188 e. The third-order valence-corrected chi connectivity index (χ3v) is 20.6. The fourth-order valence-electron chi connectivity index (χ4n) is 16.9. The van der Waals surface area contributed by atoms with Gasteiger partial charge in [0.1, 0.15) is 0 Å². The van der Waals surface area contributed by atoms with Crippen LogP contribution in [0.4, 0.5) is 0 Å². The molecule has 1 aromatic rings. The third kappa shape index (κ3) is 5.05. The SMILES string of the molecule is CC1C=C2C3B(C4=CC(C5CCCCC5)CCC4N(C4CCCc5c4sc4c5CCC=C4)C3C1)C1CC(C(C)(C)C)CC3C1N2C(C)(C)C31CCCCC1. The molecule has 1 spiro atoms. The molecule has 54 heavy (non-hydrogen) atoms. The average Bonchev–Trinajstić information content (AvgIpc) is 3.64. The van der Waals surface area contributed by atoms with Crippen LogP contribution in [0.1, 0.15) is 184 Å². The van der Waals surface area contributed by atoms with E-state index in [2.05, 4.69) is 87.0 Å². The van der Waals surface area contributed by atoms with Gasteiger partial charge in [0.25, 0.3) is 0 Å². The minimum atomic E-state index is 0.233. The van der Waals surface area contributed by atoms with E-state index in [0.717, 1.165) is 42.2 Å². The molecule has 0 bridgehead atoms. The number of allylic oxidation sites excluding steroid dienone is 3. The molecular formula is C50H73BN2S. The minimum absolute atomic E-state index is 0.233. The van der Waals surface area contributed by atoms with Crippen LogP contribution >= 0.6 is 11.3 Å². The van der Waals surface area contributed by atoms with E-state index in [4.69, 9.17) is 0 Å². The van der Waals surface area contributed by atoms with Crippen molar-refractivity contribution in [1.29, 1.82) is 0 Å². The fourth-order valence-corrected chi connectivity index (χ4v) is 18.4. The van der Waals surface area contributed by atoms with Gasteiger partial charge < -0.3 is 4.90 Å². The molecule has 4 heterocycles. The molecule has 292 valence electrons. The van der Waals surface area contributed by atoms with Crippen LogP contribution in [0.3, 0.4) is 0 Å². The molecule has 10 unspecified atom stereocenters. The van der Waals surface area contributed by atoms with E-state index in [1.165, 1.54) is 128 Å². The third-order valence-electron chi connectivity index (χ3n) is 19.2. The summed E-state index contributed by atoms with van der Waals surface area (Å²) in [6, 6.07) is 2.70. The van der Waals surface area contributed by atoms with Crippen LogP contribution in [0.2, 0.25) is 11.6 Å². The number of hydrogen-bond donors (Lipinski definition) is 0. The van der Waals surface area contributed by atoms with Crippen molar-refractivity contribution in [3.05, 3.63) is 50.3 Å². The molecule has 4 heteroatoms. The quantitative estimate of drug-likeness (QED) is 0.278. The first-order valence-electron chi connectivity index (χ1n) is 23.9. The molecule has 7 aliphatic carbocycles. The minimum Gasteiger partial charge on any atom is -0.367 e. The molecule has 11 rings (SSSR count). The zero-order valence-corrected chi connectivity index (χ0v) is 36.0. The number of nitrogens with zero attached hydrogens (tertiary/aromatic N) is 2. The number of fused-ring (bicyclic) bond motifs is 8. The molecule has 3 aliphatic heterocycles. The van der Waals surface area contributed by atoms with Crippen molar-refractivity contribution >= 4 is 24.1 Å². The highest BCUT2D eigenvalue weighted by molar-refractivity contribution is 7.13. The van der Waals surface area contributed by atoms with Crippen molar-refractivity contribution in [2.24, 2.45) is 40.4 Å². The summed E-state index contributed by atoms with van der Waals surface area (Å²) in [4.78, 5) is 10.1. The second kappa shape index (κ2) is 12.9. The lowest BCUT2D eigenvalue weighted by Crippen LogP contribution is -2.68. The van der Waals surface area contributed by atoms with Crippen molar-refractivity contribution in [2.75, 3.05) is 0 Å². The van der Waals surface area contributed by atoms with E-state index < -0.39 is 0 Å². The fraction of sp³-hybridized carbons (Fsp3) is 0.800. The molecule has 0 N–H and O–H groups in total. The highest BCUT2D eigenvalue weighted by Gasteiger charge is 2.72. The van der Waals surface area contributed by atoms with Gasteiger partial charge in [-0.05, 0) is 167 Å². The van der Waals surface area contributed by atoms with E-state index in [0.29, 0.717) is 40.7 Å². The van der Waals surface area contributed by atoms with Gasteiger partial charge in [-0.25, -0.2) is 0 Å². The lowest BCUT2D eigenvalue weighted by Gasteiger charge is -2.65. The van der Waals surface area contributed by atoms with E-state index in [-0.39, 0.29) is 5.54 Å². The monoisotopic (exact) mass is 745 g/mol. The van der Waals surface area contributed by atoms with Crippen molar-refractivity contribution in [3.63, 3.8) is 0 Å². The number of rotatable bonds is 2. The Labute approximate surface area is 334 Å². The van der Waals surface area contributed by atoms with Crippen molar-refractivity contribution in [1.82, 2.24) is 9.80 Å². The maximum absolute atomic E-state index is 3.35. The van der Waals surface area contributed by atoms with Gasteiger partial charge >= 0.3 is 0 Å². The molecule has 0 amide bonds. The summed E-state index contributed by atoms with van der Waals surface area (Å²) in [6.45, 7) is 16.8. The molecule has 3 saturated heterocycles. The van der Waals surface area contributed by atoms with E-state index in [1.54, 1.807) is 10.4 Å². The summed E-state index contributed by atoms with van der Waals surface area (Å²) < 4.78 is 0. The van der Waals surface area contributed by atoms with Crippen molar-refractivity contribution in [2.45, 2.75) is 211 Å². The summed E-state index contributed by atoms with van der Waals surface area (Å²) in [5, 5.41) is 0. The van der Waals surface area contributed by atoms with E-state index >= 15 is 0 Å². The lowest BCUT2D eigenvalue weighted by molar-refractivity contribution is 0.00880. The number of thiophene rings is 1. The van der Waals surface area contributed by atoms with Gasteiger partial charge in [-0.15, -0.1) is 11.3 Å². The van der Waals surface area contributed by atoms with Crippen molar-refractivity contribution < 1.29 is 0 Å². The van der Waals surface area contributed by atoms with Gasteiger partial charge in [0.05, 0.1) is 0 Å². The molecule has 10 atom stereocenters. The Balaban J connectivity index is 1.11. The zero-order valence-electron chi connectivity index (χ0n) is 35.2. The van der Waals surface area contributed by atoms with Gasteiger partial charge in [-0.2, -0.15) is 0 Å². The van der Waals surface area contributed by atoms with Crippen LogP contribution < -0.4 is 0 Å². The molecule has 1 aromatic heterocycles. The average molecular weight is 745 g/mol. The standard InChI is InChI=1S/C50H73BN2S/c1-31-26-42-45-43(27-31)53-46-37(50(49(53,5)6)24-13-8-14-25-50)29-34(48(2,3)4)30-39(46)51(45)38-28-33(32-16-9-7-10-17-32)22-23-40(38)52(42)41-20-15-19-36-35-18-11-12-21-44(35)54-47(36)41/h12,21,27-28,31-34,37,39-42,45-46H,7-11,13-20,22-26,29-30H2,1-6H3. The largest absolute Gasteiger partial charge is 0.367 e. The Bertz CT molecular complexity index is 1730.